The van der Waals surface area contributed by atoms with Gasteiger partial charge in [-0.05, 0) is 37.2 Å². The van der Waals surface area contributed by atoms with Crippen LogP contribution in [0.5, 0.6) is 0 Å². The van der Waals surface area contributed by atoms with Gasteiger partial charge in [-0.25, -0.2) is 13.1 Å². The maximum absolute atomic E-state index is 12.4. The van der Waals surface area contributed by atoms with Gasteiger partial charge in [0.05, 0.1) is 11.4 Å². The van der Waals surface area contributed by atoms with Gasteiger partial charge in [0.15, 0.2) is 0 Å². The van der Waals surface area contributed by atoms with Crippen LogP contribution >= 0.6 is 0 Å². The number of sulfonamides is 1. The number of hydrogen-bond donors (Lipinski definition) is 2. The summed E-state index contributed by atoms with van der Waals surface area (Å²) in [4.78, 5) is 0.329. The van der Waals surface area contributed by atoms with Crippen LogP contribution in [0, 0.1) is 6.92 Å². The zero-order valence-corrected chi connectivity index (χ0v) is 13.0. The fraction of sp³-hybridized carbons (Fsp3) is 0.357. The molecule has 6 nitrogen and oxygen atoms in total. The second-order valence-electron chi connectivity index (χ2n) is 4.74. The molecule has 7 heteroatoms. The Bertz CT molecular complexity index is 681. The highest BCUT2D eigenvalue weighted by atomic mass is 32.2. The van der Waals surface area contributed by atoms with Crippen molar-refractivity contribution in [1.29, 1.82) is 0 Å². The molecular formula is C14H20N4O2S. The van der Waals surface area contributed by atoms with E-state index in [1.807, 2.05) is 20.0 Å². The summed E-state index contributed by atoms with van der Waals surface area (Å²) in [6.45, 7) is 3.28. The van der Waals surface area contributed by atoms with Crippen molar-refractivity contribution in [2.24, 2.45) is 0 Å². The molecule has 21 heavy (non-hydrogen) atoms. The summed E-state index contributed by atoms with van der Waals surface area (Å²) in [5, 5.41) is 7.08. The van der Waals surface area contributed by atoms with E-state index in [9.17, 15) is 8.42 Å². The molecule has 2 aromatic rings. The van der Waals surface area contributed by atoms with Gasteiger partial charge in [0.1, 0.15) is 0 Å². The van der Waals surface area contributed by atoms with Crippen molar-refractivity contribution >= 4 is 10.0 Å². The van der Waals surface area contributed by atoms with Crippen molar-refractivity contribution in [2.45, 2.75) is 24.9 Å². The first-order valence-electron chi connectivity index (χ1n) is 6.75. The molecule has 1 heterocycles. The van der Waals surface area contributed by atoms with Crippen molar-refractivity contribution in [1.82, 2.24) is 19.8 Å². The standard InChI is InChI=1S/C14H20N4O2S/c1-12-13(11-15-2)5-3-6-14(12)21(19,20)17-8-10-18-9-4-7-16-18/h3-7,9,15,17H,8,10-11H2,1-2H3. The van der Waals surface area contributed by atoms with Gasteiger partial charge in [-0.15, -0.1) is 0 Å². The van der Waals surface area contributed by atoms with Crippen molar-refractivity contribution in [2.75, 3.05) is 13.6 Å². The van der Waals surface area contributed by atoms with Crippen LogP contribution in [0.25, 0.3) is 0 Å². The van der Waals surface area contributed by atoms with E-state index in [1.165, 1.54) is 0 Å². The minimum Gasteiger partial charge on any atom is -0.316 e. The van der Waals surface area contributed by atoms with Gasteiger partial charge >= 0.3 is 0 Å². The topological polar surface area (TPSA) is 76.0 Å². The Morgan fingerprint density at radius 3 is 2.76 bits per heavy atom. The maximum Gasteiger partial charge on any atom is 0.240 e. The largest absolute Gasteiger partial charge is 0.316 e. The van der Waals surface area contributed by atoms with Gasteiger partial charge in [-0.1, -0.05) is 12.1 Å². The van der Waals surface area contributed by atoms with E-state index in [1.54, 1.807) is 35.3 Å². The second-order valence-corrected chi connectivity index (χ2v) is 6.47. The molecule has 0 spiro atoms. The lowest BCUT2D eigenvalue weighted by atomic mass is 10.1. The smallest absolute Gasteiger partial charge is 0.240 e. The minimum atomic E-state index is -3.50. The number of rotatable bonds is 7. The summed E-state index contributed by atoms with van der Waals surface area (Å²) in [5.74, 6) is 0. The summed E-state index contributed by atoms with van der Waals surface area (Å²) >= 11 is 0. The molecule has 1 aromatic carbocycles. The summed E-state index contributed by atoms with van der Waals surface area (Å²) in [5.41, 5.74) is 1.76. The van der Waals surface area contributed by atoms with Gasteiger partial charge in [-0.3, -0.25) is 4.68 Å². The van der Waals surface area contributed by atoms with Gasteiger partial charge in [0.25, 0.3) is 0 Å². The highest BCUT2D eigenvalue weighted by molar-refractivity contribution is 7.89. The van der Waals surface area contributed by atoms with Crippen molar-refractivity contribution in [3.05, 3.63) is 47.8 Å². The van der Waals surface area contributed by atoms with Crippen LogP contribution in [0.15, 0.2) is 41.6 Å². The Balaban J connectivity index is 2.10. The quantitative estimate of drug-likeness (QED) is 0.796. The van der Waals surface area contributed by atoms with Crippen LogP contribution in [0.3, 0.4) is 0 Å². The Hall–Kier alpha value is -1.70. The van der Waals surface area contributed by atoms with Gasteiger partial charge in [0, 0.05) is 25.5 Å². The first-order chi connectivity index (χ1) is 10.0. The Kier molecular flexibility index (Phi) is 5.11. The molecule has 0 aliphatic heterocycles. The van der Waals surface area contributed by atoms with Crippen LogP contribution in [-0.2, 0) is 23.1 Å². The normalized spacial score (nSPS) is 11.7. The maximum atomic E-state index is 12.4. The Labute approximate surface area is 125 Å². The predicted octanol–water partition coefficient (Wildman–Crippen LogP) is 0.889. The third kappa shape index (κ3) is 3.90. The summed E-state index contributed by atoms with van der Waals surface area (Å²) in [6.07, 6.45) is 3.47. The molecule has 114 valence electrons. The van der Waals surface area contributed by atoms with E-state index in [2.05, 4.69) is 15.1 Å². The first kappa shape index (κ1) is 15.7. The van der Waals surface area contributed by atoms with Crippen LogP contribution in [-0.4, -0.2) is 31.8 Å². The Morgan fingerprint density at radius 1 is 1.29 bits per heavy atom. The molecule has 0 bridgehead atoms. The van der Waals surface area contributed by atoms with Gasteiger partial charge in [0.2, 0.25) is 10.0 Å². The van der Waals surface area contributed by atoms with Crippen LogP contribution in [0.4, 0.5) is 0 Å². The molecule has 2 rings (SSSR count). The lowest BCUT2D eigenvalue weighted by Crippen LogP contribution is -2.28. The molecule has 0 radical (unpaired) electrons. The molecular weight excluding hydrogens is 288 g/mol. The van der Waals surface area contributed by atoms with E-state index in [0.29, 0.717) is 24.5 Å². The van der Waals surface area contributed by atoms with Gasteiger partial charge < -0.3 is 5.32 Å². The molecule has 0 fully saturated rings. The summed E-state index contributed by atoms with van der Waals surface area (Å²) < 4.78 is 29.1. The minimum absolute atomic E-state index is 0.305. The number of nitrogens with zero attached hydrogens (tertiary/aromatic N) is 2. The molecule has 0 unspecified atom stereocenters. The fourth-order valence-corrected chi connectivity index (χ4v) is 3.45. The van der Waals surface area contributed by atoms with Crippen LogP contribution in [0.2, 0.25) is 0 Å². The molecule has 0 aliphatic rings. The molecule has 0 aliphatic carbocycles. The molecule has 0 atom stereocenters. The fourth-order valence-electron chi connectivity index (χ4n) is 2.14. The lowest BCUT2D eigenvalue weighted by molar-refractivity contribution is 0.560. The average Bonchev–Trinajstić information content (AvgIpc) is 2.94. The Morgan fingerprint density at radius 2 is 2.10 bits per heavy atom. The number of benzene rings is 1. The third-order valence-corrected chi connectivity index (χ3v) is 4.85. The van der Waals surface area contributed by atoms with E-state index in [0.717, 1.165) is 11.1 Å². The number of aromatic nitrogens is 2. The van der Waals surface area contributed by atoms with Crippen molar-refractivity contribution < 1.29 is 8.42 Å². The third-order valence-electron chi connectivity index (χ3n) is 3.25. The lowest BCUT2D eigenvalue weighted by Gasteiger charge is -2.12. The zero-order chi connectivity index (χ0) is 15.3. The van der Waals surface area contributed by atoms with Crippen molar-refractivity contribution in [3.8, 4) is 0 Å². The zero-order valence-electron chi connectivity index (χ0n) is 12.2. The molecule has 0 amide bonds. The van der Waals surface area contributed by atoms with E-state index in [-0.39, 0.29) is 0 Å². The first-order valence-corrected chi connectivity index (χ1v) is 8.23. The second kappa shape index (κ2) is 6.84. The van der Waals surface area contributed by atoms with Crippen molar-refractivity contribution in [3.63, 3.8) is 0 Å². The average molecular weight is 308 g/mol. The monoisotopic (exact) mass is 308 g/mol. The molecule has 0 saturated heterocycles. The van der Waals surface area contributed by atoms with Gasteiger partial charge in [-0.2, -0.15) is 5.10 Å². The van der Waals surface area contributed by atoms with E-state index < -0.39 is 10.0 Å². The molecule has 0 saturated carbocycles. The SMILES string of the molecule is CNCc1cccc(S(=O)(=O)NCCn2cccn2)c1C. The summed E-state index contributed by atoms with van der Waals surface area (Å²) in [7, 11) is -1.67. The van der Waals surface area contributed by atoms with Crippen LogP contribution < -0.4 is 10.0 Å². The molecule has 2 N–H and O–H groups in total. The number of hydrogen-bond acceptors (Lipinski definition) is 4. The van der Waals surface area contributed by atoms with E-state index >= 15 is 0 Å². The van der Waals surface area contributed by atoms with E-state index in [4.69, 9.17) is 0 Å². The molecule has 1 aromatic heterocycles. The summed E-state index contributed by atoms with van der Waals surface area (Å²) in [6, 6.07) is 7.13. The van der Waals surface area contributed by atoms with Crippen LogP contribution in [0.1, 0.15) is 11.1 Å². The highest BCUT2D eigenvalue weighted by Gasteiger charge is 2.17. The number of nitrogens with one attached hydrogen (secondary N) is 2. The highest BCUT2D eigenvalue weighted by Crippen LogP contribution is 2.18. The predicted molar refractivity (Wildman–Crippen MR) is 81.4 cm³/mol.